The molecule has 25 heavy (non-hydrogen) atoms. The van der Waals surface area contributed by atoms with Gasteiger partial charge in [0, 0.05) is 31.7 Å². The molecule has 1 aliphatic carbocycles. The number of morpholine rings is 1. The summed E-state index contributed by atoms with van der Waals surface area (Å²) in [5, 5.41) is 3.15. The van der Waals surface area contributed by atoms with Crippen LogP contribution in [-0.2, 0) is 16.1 Å². The first-order chi connectivity index (χ1) is 12.2. The number of nitrogens with two attached hydrogens (primary N) is 1. The number of amides is 1. The Labute approximate surface area is 150 Å². The minimum absolute atomic E-state index is 0.00147. The van der Waals surface area contributed by atoms with Crippen molar-refractivity contribution in [1.82, 2.24) is 4.90 Å². The number of hydrogen-bond donors (Lipinski definition) is 2. The van der Waals surface area contributed by atoms with Gasteiger partial charge in [0.2, 0.25) is 5.91 Å². The van der Waals surface area contributed by atoms with Gasteiger partial charge in [0.25, 0.3) is 0 Å². The molecule has 0 spiro atoms. The maximum Gasteiger partial charge on any atom is 0.224 e. The van der Waals surface area contributed by atoms with Crippen molar-refractivity contribution < 1.29 is 9.53 Å². The minimum Gasteiger partial charge on any atom is -0.379 e. The lowest BCUT2D eigenvalue weighted by atomic mass is 9.71. The number of hydrogen-bond acceptors (Lipinski definition) is 4. The van der Waals surface area contributed by atoms with Crippen LogP contribution < -0.4 is 11.1 Å². The topological polar surface area (TPSA) is 67.6 Å². The van der Waals surface area contributed by atoms with Crippen LogP contribution in [0.5, 0.6) is 0 Å². The maximum absolute atomic E-state index is 12.7. The Kier molecular flexibility index (Phi) is 6.45. The molecular weight excluding hydrogens is 314 g/mol. The third-order valence-corrected chi connectivity index (χ3v) is 5.67. The molecular formula is C20H31N3O2. The lowest BCUT2D eigenvalue weighted by molar-refractivity contribution is -0.118. The van der Waals surface area contributed by atoms with Gasteiger partial charge >= 0.3 is 0 Å². The lowest BCUT2D eigenvalue weighted by Crippen LogP contribution is -2.37. The van der Waals surface area contributed by atoms with E-state index in [1.54, 1.807) is 0 Å². The molecule has 0 bridgehead atoms. The highest BCUT2D eigenvalue weighted by atomic mass is 16.5. The van der Waals surface area contributed by atoms with E-state index in [1.807, 2.05) is 18.2 Å². The summed E-state index contributed by atoms with van der Waals surface area (Å²) in [5.41, 5.74) is 8.14. The second kappa shape index (κ2) is 8.79. The third kappa shape index (κ3) is 5.03. The van der Waals surface area contributed by atoms with Crippen LogP contribution in [0.4, 0.5) is 5.69 Å². The van der Waals surface area contributed by atoms with E-state index in [9.17, 15) is 4.79 Å². The number of anilines is 1. The molecule has 1 amide bonds. The van der Waals surface area contributed by atoms with Crippen molar-refractivity contribution in [3.63, 3.8) is 0 Å². The smallest absolute Gasteiger partial charge is 0.224 e. The molecule has 2 aliphatic rings. The van der Waals surface area contributed by atoms with Crippen molar-refractivity contribution >= 4 is 11.6 Å². The van der Waals surface area contributed by atoms with E-state index in [0.717, 1.165) is 51.4 Å². The molecule has 3 N–H and O–H groups in total. The zero-order valence-electron chi connectivity index (χ0n) is 15.1. The average molecular weight is 345 g/mol. The quantitative estimate of drug-likeness (QED) is 0.832. The first kappa shape index (κ1) is 18.4. The Morgan fingerprint density at radius 1 is 1.16 bits per heavy atom. The number of rotatable bonds is 6. The normalized spacial score (nSPS) is 21.0. The average Bonchev–Trinajstić information content (AvgIpc) is 2.65. The molecule has 5 nitrogen and oxygen atoms in total. The zero-order chi connectivity index (χ0) is 17.5. The predicted molar refractivity (Wildman–Crippen MR) is 100 cm³/mol. The Bertz CT molecular complexity index is 564. The second-order valence-electron chi connectivity index (χ2n) is 7.54. The number of nitrogens with one attached hydrogen (secondary N) is 1. The van der Waals surface area contributed by atoms with Gasteiger partial charge in [-0.2, -0.15) is 0 Å². The number of nitrogens with zero attached hydrogens (tertiary/aromatic N) is 1. The van der Waals surface area contributed by atoms with Crippen molar-refractivity contribution in [3.8, 4) is 0 Å². The molecule has 1 aliphatic heterocycles. The van der Waals surface area contributed by atoms with Gasteiger partial charge in [0.05, 0.1) is 13.2 Å². The van der Waals surface area contributed by atoms with Crippen molar-refractivity contribution in [3.05, 3.63) is 29.8 Å². The highest BCUT2D eigenvalue weighted by molar-refractivity contribution is 5.92. The SMILES string of the molecule is NCC1(CC(=O)Nc2ccccc2CN2CCOCC2)CCCCC1. The molecule has 1 saturated heterocycles. The fourth-order valence-electron chi connectivity index (χ4n) is 4.07. The third-order valence-electron chi connectivity index (χ3n) is 5.67. The van der Waals surface area contributed by atoms with Crippen LogP contribution in [0, 0.1) is 5.41 Å². The van der Waals surface area contributed by atoms with Crippen LogP contribution >= 0.6 is 0 Å². The van der Waals surface area contributed by atoms with E-state index < -0.39 is 0 Å². The Morgan fingerprint density at radius 3 is 2.60 bits per heavy atom. The molecule has 1 aromatic carbocycles. The summed E-state index contributed by atoms with van der Waals surface area (Å²) >= 11 is 0. The molecule has 1 saturated carbocycles. The van der Waals surface area contributed by atoms with Crippen molar-refractivity contribution in [2.75, 3.05) is 38.2 Å². The van der Waals surface area contributed by atoms with Crippen LogP contribution in [0.25, 0.3) is 0 Å². The van der Waals surface area contributed by atoms with Gasteiger partial charge in [-0.15, -0.1) is 0 Å². The van der Waals surface area contributed by atoms with Crippen molar-refractivity contribution in [2.45, 2.75) is 45.1 Å². The van der Waals surface area contributed by atoms with E-state index in [1.165, 1.54) is 24.8 Å². The summed E-state index contributed by atoms with van der Waals surface area (Å²) in [6.45, 7) is 4.91. The molecule has 0 aromatic heterocycles. The summed E-state index contributed by atoms with van der Waals surface area (Å²) in [4.78, 5) is 15.1. The molecule has 0 unspecified atom stereocenters. The molecule has 1 aromatic rings. The second-order valence-corrected chi connectivity index (χ2v) is 7.54. The highest BCUT2D eigenvalue weighted by Gasteiger charge is 2.33. The van der Waals surface area contributed by atoms with Crippen LogP contribution in [0.15, 0.2) is 24.3 Å². The largest absolute Gasteiger partial charge is 0.379 e. The van der Waals surface area contributed by atoms with Gasteiger partial charge in [0.15, 0.2) is 0 Å². The van der Waals surface area contributed by atoms with Crippen molar-refractivity contribution in [1.29, 1.82) is 0 Å². The zero-order valence-corrected chi connectivity index (χ0v) is 15.1. The number of carbonyl (C=O) groups excluding carboxylic acids is 1. The van der Waals surface area contributed by atoms with Gasteiger partial charge in [0.1, 0.15) is 0 Å². The molecule has 138 valence electrons. The maximum atomic E-state index is 12.7. The van der Waals surface area contributed by atoms with Crippen LogP contribution in [0.3, 0.4) is 0 Å². The van der Waals surface area contributed by atoms with Crippen LogP contribution in [-0.4, -0.2) is 43.7 Å². The Hall–Kier alpha value is -1.43. The van der Waals surface area contributed by atoms with Gasteiger partial charge < -0.3 is 15.8 Å². The number of carbonyl (C=O) groups is 1. The monoisotopic (exact) mass is 345 g/mol. The molecule has 5 heteroatoms. The van der Waals surface area contributed by atoms with E-state index in [0.29, 0.717) is 13.0 Å². The van der Waals surface area contributed by atoms with Crippen LogP contribution in [0.1, 0.15) is 44.1 Å². The number of para-hydroxylation sites is 1. The lowest BCUT2D eigenvalue weighted by Gasteiger charge is -2.35. The fourth-order valence-corrected chi connectivity index (χ4v) is 4.07. The molecule has 2 fully saturated rings. The van der Waals surface area contributed by atoms with Crippen molar-refractivity contribution in [2.24, 2.45) is 11.1 Å². The first-order valence-corrected chi connectivity index (χ1v) is 9.59. The van der Waals surface area contributed by atoms with Gasteiger partial charge in [-0.25, -0.2) is 0 Å². The summed E-state index contributed by atoms with van der Waals surface area (Å²) in [6, 6.07) is 8.12. The Balaban J connectivity index is 1.62. The first-order valence-electron chi connectivity index (χ1n) is 9.59. The van der Waals surface area contributed by atoms with E-state index in [2.05, 4.69) is 16.3 Å². The summed E-state index contributed by atoms with van der Waals surface area (Å²) < 4.78 is 5.42. The molecule has 3 rings (SSSR count). The molecule has 0 atom stereocenters. The molecule has 1 heterocycles. The highest BCUT2D eigenvalue weighted by Crippen LogP contribution is 2.38. The van der Waals surface area contributed by atoms with Crippen LogP contribution in [0.2, 0.25) is 0 Å². The number of benzene rings is 1. The minimum atomic E-state index is 0.00147. The van der Waals surface area contributed by atoms with Gasteiger partial charge in [-0.1, -0.05) is 37.5 Å². The van der Waals surface area contributed by atoms with E-state index >= 15 is 0 Å². The Morgan fingerprint density at radius 2 is 1.88 bits per heavy atom. The fraction of sp³-hybridized carbons (Fsp3) is 0.650. The van der Waals surface area contributed by atoms with E-state index in [-0.39, 0.29) is 11.3 Å². The van der Waals surface area contributed by atoms with E-state index in [4.69, 9.17) is 10.5 Å². The predicted octanol–water partition coefficient (Wildman–Crippen LogP) is 2.76. The van der Waals surface area contributed by atoms with Gasteiger partial charge in [-0.3, -0.25) is 9.69 Å². The summed E-state index contributed by atoms with van der Waals surface area (Å²) in [5.74, 6) is 0.0989. The number of ether oxygens (including phenoxy) is 1. The summed E-state index contributed by atoms with van der Waals surface area (Å²) in [6.07, 6.45) is 6.34. The molecule has 0 radical (unpaired) electrons. The summed E-state index contributed by atoms with van der Waals surface area (Å²) in [7, 11) is 0. The van der Waals surface area contributed by atoms with Gasteiger partial charge in [-0.05, 0) is 36.4 Å². The standard InChI is InChI=1S/C20H31N3O2/c21-16-20(8-4-1-5-9-20)14-19(24)22-18-7-3-2-6-17(18)15-23-10-12-25-13-11-23/h2-3,6-7H,1,4-5,8-16,21H2,(H,22,24).